The molecule has 0 heterocycles. The van der Waals surface area contributed by atoms with Crippen LogP contribution in [0.25, 0.3) is 0 Å². The SMILES string of the molecule is O=C(O)C(F)(F)C(F)(F)F.[H-].[Na+]. The maximum Gasteiger partial charge on any atom is 1.00 e. The Morgan fingerprint density at radius 3 is 1.45 bits per heavy atom. The van der Waals surface area contributed by atoms with Crippen LogP contribution in [0.5, 0.6) is 0 Å². The zero-order valence-electron chi connectivity index (χ0n) is 6.25. The van der Waals surface area contributed by atoms with E-state index < -0.39 is 18.1 Å². The smallest absolute Gasteiger partial charge is 1.00 e. The van der Waals surface area contributed by atoms with E-state index in [9.17, 15) is 26.7 Å². The van der Waals surface area contributed by atoms with E-state index in [1.807, 2.05) is 0 Å². The van der Waals surface area contributed by atoms with Crippen molar-refractivity contribution in [1.29, 1.82) is 0 Å². The Kier molecular flexibility index (Phi) is 4.58. The fourth-order valence-corrected chi connectivity index (χ4v) is 0.121. The topological polar surface area (TPSA) is 37.3 Å². The molecule has 0 radical (unpaired) electrons. The molecule has 0 spiro atoms. The van der Waals surface area contributed by atoms with E-state index in [1.165, 1.54) is 0 Å². The summed E-state index contributed by atoms with van der Waals surface area (Å²) in [5.74, 6) is -8.84. The van der Waals surface area contributed by atoms with Crippen LogP contribution in [0, 0.1) is 0 Å². The maximum absolute atomic E-state index is 11.3. The van der Waals surface area contributed by atoms with E-state index in [4.69, 9.17) is 5.11 Å². The minimum absolute atomic E-state index is 0. The Bertz CT molecular complexity index is 157. The van der Waals surface area contributed by atoms with Crippen LogP contribution in [0.4, 0.5) is 22.0 Å². The van der Waals surface area contributed by atoms with Crippen molar-refractivity contribution >= 4 is 5.97 Å². The van der Waals surface area contributed by atoms with Crippen LogP contribution in [-0.2, 0) is 4.79 Å². The molecule has 0 aromatic carbocycles. The molecule has 0 aromatic heterocycles. The first kappa shape index (κ1) is 13.7. The molecule has 0 bridgehead atoms. The molecule has 0 amide bonds. The summed E-state index contributed by atoms with van der Waals surface area (Å²) < 4.78 is 55.5. The zero-order valence-corrected chi connectivity index (χ0v) is 7.25. The molecule has 0 aliphatic heterocycles. The van der Waals surface area contributed by atoms with E-state index in [2.05, 4.69) is 0 Å². The molecule has 0 saturated carbocycles. The fraction of sp³-hybridized carbons (Fsp3) is 0.667. The monoisotopic (exact) mass is 188 g/mol. The van der Waals surface area contributed by atoms with Gasteiger partial charge < -0.3 is 6.53 Å². The Labute approximate surface area is 81.2 Å². The summed E-state index contributed by atoms with van der Waals surface area (Å²) in [4.78, 5) is 9.20. The second kappa shape index (κ2) is 3.68. The molecule has 0 aliphatic carbocycles. The van der Waals surface area contributed by atoms with Crippen LogP contribution in [-0.4, -0.2) is 23.2 Å². The average Bonchev–Trinajstić information content (AvgIpc) is 1.62. The van der Waals surface area contributed by atoms with Crippen molar-refractivity contribution in [3.8, 4) is 0 Å². The van der Waals surface area contributed by atoms with Crippen molar-refractivity contribution < 1.29 is 62.8 Å². The first-order valence-corrected chi connectivity index (χ1v) is 1.87. The predicted octanol–water partition coefficient (Wildman–Crippen LogP) is -1.61. The number of aliphatic carboxylic acids is 1. The molecule has 1 N–H and O–H groups in total. The maximum atomic E-state index is 11.3. The van der Waals surface area contributed by atoms with E-state index in [1.54, 1.807) is 0 Å². The van der Waals surface area contributed by atoms with Crippen LogP contribution in [0.1, 0.15) is 1.43 Å². The largest absolute Gasteiger partial charge is 1.00 e. The number of hydrogen-bond donors (Lipinski definition) is 1. The molecular weight excluding hydrogens is 186 g/mol. The van der Waals surface area contributed by atoms with Crippen LogP contribution in [0.2, 0.25) is 0 Å². The second-order valence-electron chi connectivity index (χ2n) is 1.38. The molecule has 62 valence electrons. The minimum Gasteiger partial charge on any atom is -1.00 e. The quantitative estimate of drug-likeness (QED) is 0.397. The molecule has 11 heavy (non-hydrogen) atoms. The van der Waals surface area contributed by atoms with Gasteiger partial charge in [-0.2, -0.15) is 22.0 Å². The molecule has 0 saturated heterocycles. The first-order chi connectivity index (χ1) is 4.19. The minimum atomic E-state index is -6.02. The van der Waals surface area contributed by atoms with Crippen molar-refractivity contribution in [3.05, 3.63) is 0 Å². The van der Waals surface area contributed by atoms with Gasteiger partial charge in [0.2, 0.25) is 0 Å². The second-order valence-corrected chi connectivity index (χ2v) is 1.38. The van der Waals surface area contributed by atoms with Crippen LogP contribution in [0.15, 0.2) is 0 Å². The van der Waals surface area contributed by atoms with Gasteiger partial charge >= 0.3 is 47.6 Å². The zero-order chi connectivity index (χ0) is 8.58. The van der Waals surface area contributed by atoms with Gasteiger partial charge in [0.1, 0.15) is 0 Å². The van der Waals surface area contributed by atoms with E-state index in [0.29, 0.717) is 0 Å². The van der Waals surface area contributed by atoms with Gasteiger partial charge in [-0.25, -0.2) is 4.79 Å². The molecule has 2 nitrogen and oxygen atoms in total. The van der Waals surface area contributed by atoms with Gasteiger partial charge in [0.05, 0.1) is 0 Å². The normalized spacial score (nSPS) is 12.1. The summed E-state index contributed by atoms with van der Waals surface area (Å²) in [7, 11) is 0. The van der Waals surface area contributed by atoms with Gasteiger partial charge in [-0.15, -0.1) is 0 Å². The molecule has 0 aliphatic rings. The van der Waals surface area contributed by atoms with Gasteiger partial charge in [-0.05, 0) is 0 Å². The third-order valence-electron chi connectivity index (χ3n) is 0.625. The summed E-state index contributed by atoms with van der Waals surface area (Å²) in [6.07, 6.45) is -6.02. The summed E-state index contributed by atoms with van der Waals surface area (Å²) in [5.41, 5.74) is 0. The van der Waals surface area contributed by atoms with Crippen LogP contribution in [0.3, 0.4) is 0 Å². The summed E-state index contributed by atoms with van der Waals surface area (Å²) in [5, 5.41) is 7.31. The van der Waals surface area contributed by atoms with E-state index >= 15 is 0 Å². The average molecular weight is 188 g/mol. The van der Waals surface area contributed by atoms with Gasteiger partial charge in [-0.3, -0.25) is 0 Å². The number of carboxylic acid groups (broad SMARTS) is 1. The van der Waals surface area contributed by atoms with Gasteiger partial charge in [0, 0.05) is 0 Å². The predicted molar refractivity (Wildman–Crippen MR) is 19.7 cm³/mol. The van der Waals surface area contributed by atoms with Gasteiger partial charge in [-0.1, -0.05) is 0 Å². The molecule has 0 atom stereocenters. The molecular formula is C3H2F5NaO2. The van der Waals surface area contributed by atoms with Crippen molar-refractivity contribution in [2.45, 2.75) is 12.1 Å². The molecule has 0 unspecified atom stereocenters. The fourth-order valence-electron chi connectivity index (χ4n) is 0.121. The Hall–Kier alpha value is 0.120. The standard InChI is InChI=1S/C3HF5O2.Na.H/c4-2(5,1(9)10)3(6,7)8;;/h(H,9,10);;/q;+1;-1. The van der Waals surface area contributed by atoms with E-state index in [-0.39, 0.29) is 31.0 Å². The third-order valence-corrected chi connectivity index (χ3v) is 0.625. The third kappa shape index (κ3) is 2.92. The number of carboxylic acids is 1. The molecule has 0 aromatic rings. The van der Waals surface area contributed by atoms with Crippen molar-refractivity contribution in [3.63, 3.8) is 0 Å². The Morgan fingerprint density at radius 2 is 1.45 bits per heavy atom. The van der Waals surface area contributed by atoms with Crippen molar-refractivity contribution in [2.24, 2.45) is 0 Å². The summed E-state index contributed by atoms with van der Waals surface area (Å²) >= 11 is 0. The van der Waals surface area contributed by atoms with Crippen molar-refractivity contribution in [1.82, 2.24) is 0 Å². The summed E-state index contributed by atoms with van der Waals surface area (Å²) in [6, 6.07) is 0. The summed E-state index contributed by atoms with van der Waals surface area (Å²) in [6.45, 7) is 0. The number of rotatable bonds is 1. The van der Waals surface area contributed by atoms with Crippen molar-refractivity contribution in [2.75, 3.05) is 0 Å². The molecule has 8 heteroatoms. The Morgan fingerprint density at radius 1 is 1.18 bits per heavy atom. The first-order valence-electron chi connectivity index (χ1n) is 1.87. The van der Waals surface area contributed by atoms with Crippen LogP contribution < -0.4 is 29.6 Å². The number of halogens is 5. The van der Waals surface area contributed by atoms with Gasteiger partial charge in [0.25, 0.3) is 0 Å². The number of hydrogen-bond acceptors (Lipinski definition) is 1. The van der Waals surface area contributed by atoms with Gasteiger partial charge in [0.15, 0.2) is 0 Å². The molecule has 0 fully saturated rings. The molecule has 0 rings (SSSR count). The number of alkyl halides is 5. The number of carbonyl (C=O) groups is 1. The van der Waals surface area contributed by atoms with Crippen LogP contribution >= 0.6 is 0 Å². The Balaban J connectivity index is -0.000000405. The van der Waals surface area contributed by atoms with E-state index in [0.717, 1.165) is 0 Å².